The number of ether oxygens (including phenoxy) is 1. The van der Waals surface area contributed by atoms with Gasteiger partial charge in [0.2, 0.25) is 0 Å². The van der Waals surface area contributed by atoms with Crippen molar-refractivity contribution in [3.05, 3.63) is 28.8 Å². The minimum Gasteiger partial charge on any atom is -0.380 e. The fourth-order valence-corrected chi connectivity index (χ4v) is 1.93. The van der Waals surface area contributed by atoms with E-state index in [1.54, 1.807) is 0 Å². The molecule has 102 valence electrons. The first-order chi connectivity index (χ1) is 8.69. The Bertz CT molecular complexity index is 358. The van der Waals surface area contributed by atoms with Crippen molar-refractivity contribution in [3.8, 4) is 0 Å². The molecule has 0 aliphatic rings. The molecule has 0 heterocycles. The molecule has 18 heavy (non-hydrogen) atoms. The SMILES string of the molecule is CCNCc1ccc(Cl)cc1N(C)CCOCC. The average molecular weight is 271 g/mol. The van der Waals surface area contributed by atoms with E-state index in [-0.39, 0.29) is 0 Å². The number of nitrogens with one attached hydrogen (secondary N) is 1. The lowest BCUT2D eigenvalue weighted by Crippen LogP contribution is -2.25. The van der Waals surface area contributed by atoms with Crippen LogP contribution in [0, 0.1) is 0 Å². The third kappa shape index (κ3) is 4.84. The van der Waals surface area contributed by atoms with Crippen LogP contribution in [0.1, 0.15) is 19.4 Å². The van der Waals surface area contributed by atoms with Crippen LogP contribution in [0.3, 0.4) is 0 Å². The molecule has 0 bridgehead atoms. The van der Waals surface area contributed by atoms with Crippen molar-refractivity contribution in [3.63, 3.8) is 0 Å². The summed E-state index contributed by atoms with van der Waals surface area (Å²) in [6.45, 7) is 8.30. The standard InChI is InChI=1S/C14H23ClN2O/c1-4-16-11-12-6-7-13(15)10-14(12)17(3)8-9-18-5-2/h6-7,10,16H,4-5,8-9,11H2,1-3H3. The van der Waals surface area contributed by atoms with E-state index in [4.69, 9.17) is 16.3 Å². The van der Waals surface area contributed by atoms with Crippen molar-refractivity contribution < 1.29 is 4.74 Å². The van der Waals surface area contributed by atoms with Crippen LogP contribution in [0.15, 0.2) is 18.2 Å². The van der Waals surface area contributed by atoms with Crippen LogP contribution < -0.4 is 10.2 Å². The average Bonchev–Trinajstić information content (AvgIpc) is 2.37. The summed E-state index contributed by atoms with van der Waals surface area (Å²) in [7, 11) is 2.07. The molecule has 0 aromatic heterocycles. The second-order valence-electron chi connectivity index (χ2n) is 4.17. The third-order valence-corrected chi connectivity index (χ3v) is 3.03. The minimum absolute atomic E-state index is 0.736. The molecule has 0 saturated carbocycles. The Hall–Kier alpha value is -0.770. The van der Waals surface area contributed by atoms with Gasteiger partial charge in [-0.3, -0.25) is 0 Å². The van der Waals surface area contributed by atoms with E-state index in [0.717, 1.165) is 37.9 Å². The number of hydrogen-bond acceptors (Lipinski definition) is 3. The van der Waals surface area contributed by atoms with Gasteiger partial charge < -0.3 is 15.0 Å². The maximum absolute atomic E-state index is 6.08. The Morgan fingerprint density at radius 1 is 1.33 bits per heavy atom. The highest BCUT2D eigenvalue weighted by Gasteiger charge is 2.08. The molecular weight excluding hydrogens is 248 g/mol. The van der Waals surface area contributed by atoms with Gasteiger partial charge in [-0.1, -0.05) is 24.6 Å². The molecule has 3 nitrogen and oxygen atoms in total. The van der Waals surface area contributed by atoms with Gasteiger partial charge in [0.25, 0.3) is 0 Å². The highest BCUT2D eigenvalue weighted by Crippen LogP contribution is 2.24. The molecule has 0 fully saturated rings. The van der Waals surface area contributed by atoms with Crippen molar-refractivity contribution in [2.24, 2.45) is 0 Å². The van der Waals surface area contributed by atoms with Crippen LogP contribution in [0.5, 0.6) is 0 Å². The molecule has 1 aromatic carbocycles. The zero-order valence-electron chi connectivity index (χ0n) is 11.5. The smallest absolute Gasteiger partial charge is 0.0641 e. The van der Waals surface area contributed by atoms with E-state index in [2.05, 4.69) is 30.3 Å². The molecule has 1 rings (SSSR count). The van der Waals surface area contributed by atoms with Crippen molar-refractivity contribution in [2.45, 2.75) is 20.4 Å². The van der Waals surface area contributed by atoms with E-state index in [1.807, 2.05) is 19.1 Å². The zero-order chi connectivity index (χ0) is 13.4. The largest absolute Gasteiger partial charge is 0.380 e. The molecule has 0 unspecified atom stereocenters. The Morgan fingerprint density at radius 2 is 2.11 bits per heavy atom. The van der Waals surface area contributed by atoms with Crippen LogP contribution in [-0.2, 0) is 11.3 Å². The van der Waals surface area contributed by atoms with Gasteiger partial charge >= 0.3 is 0 Å². The maximum Gasteiger partial charge on any atom is 0.0641 e. The first-order valence-corrected chi connectivity index (χ1v) is 6.84. The lowest BCUT2D eigenvalue weighted by molar-refractivity contribution is 0.154. The summed E-state index contributed by atoms with van der Waals surface area (Å²) in [4.78, 5) is 2.19. The van der Waals surface area contributed by atoms with Crippen LogP contribution in [0.4, 0.5) is 5.69 Å². The van der Waals surface area contributed by atoms with E-state index >= 15 is 0 Å². The molecule has 0 radical (unpaired) electrons. The van der Waals surface area contributed by atoms with Gasteiger partial charge in [0, 0.05) is 37.5 Å². The molecule has 1 N–H and O–H groups in total. The van der Waals surface area contributed by atoms with Gasteiger partial charge in [-0.2, -0.15) is 0 Å². The number of halogens is 1. The molecule has 1 aromatic rings. The van der Waals surface area contributed by atoms with Crippen LogP contribution in [0.2, 0.25) is 5.02 Å². The predicted molar refractivity (Wildman–Crippen MR) is 78.6 cm³/mol. The number of likely N-dealkylation sites (N-methyl/N-ethyl adjacent to an activating group) is 1. The summed E-state index contributed by atoms with van der Waals surface area (Å²) in [6.07, 6.45) is 0. The van der Waals surface area contributed by atoms with Crippen molar-refractivity contribution in [2.75, 3.05) is 38.3 Å². The Morgan fingerprint density at radius 3 is 2.78 bits per heavy atom. The Kier molecular flexibility index (Phi) is 7.09. The van der Waals surface area contributed by atoms with Crippen molar-refractivity contribution >= 4 is 17.3 Å². The molecule has 0 saturated heterocycles. The minimum atomic E-state index is 0.736. The molecule has 0 aliphatic heterocycles. The first-order valence-electron chi connectivity index (χ1n) is 6.47. The Balaban J connectivity index is 2.73. The van der Waals surface area contributed by atoms with E-state index in [9.17, 15) is 0 Å². The summed E-state index contributed by atoms with van der Waals surface area (Å²) >= 11 is 6.08. The monoisotopic (exact) mass is 270 g/mol. The molecule has 0 spiro atoms. The maximum atomic E-state index is 6.08. The topological polar surface area (TPSA) is 24.5 Å². The summed E-state index contributed by atoms with van der Waals surface area (Å²) in [5.41, 5.74) is 2.43. The normalized spacial score (nSPS) is 10.7. The van der Waals surface area contributed by atoms with Crippen LogP contribution in [0.25, 0.3) is 0 Å². The predicted octanol–water partition coefficient (Wildman–Crippen LogP) is 2.92. The van der Waals surface area contributed by atoms with Crippen molar-refractivity contribution in [1.82, 2.24) is 5.32 Å². The zero-order valence-corrected chi connectivity index (χ0v) is 12.3. The second kappa shape index (κ2) is 8.35. The molecule has 0 aliphatic carbocycles. The summed E-state index contributed by atoms with van der Waals surface area (Å²) in [5, 5.41) is 4.12. The number of benzene rings is 1. The quantitative estimate of drug-likeness (QED) is 0.735. The lowest BCUT2D eigenvalue weighted by atomic mass is 10.1. The second-order valence-corrected chi connectivity index (χ2v) is 4.61. The van der Waals surface area contributed by atoms with E-state index < -0.39 is 0 Å². The van der Waals surface area contributed by atoms with Crippen LogP contribution >= 0.6 is 11.6 Å². The number of anilines is 1. The summed E-state index contributed by atoms with van der Waals surface area (Å²) in [5.74, 6) is 0. The lowest BCUT2D eigenvalue weighted by Gasteiger charge is -2.23. The highest BCUT2D eigenvalue weighted by molar-refractivity contribution is 6.30. The Labute approximate surface area is 115 Å². The van der Waals surface area contributed by atoms with Gasteiger partial charge in [0.05, 0.1) is 6.61 Å². The fraction of sp³-hybridized carbons (Fsp3) is 0.571. The molecule has 0 amide bonds. The van der Waals surface area contributed by atoms with Crippen molar-refractivity contribution in [1.29, 1.82) is 0 Å². The number of rotatable bonds is 8. The van der Waals surface area contributed by atoms with Crippen LogP contribution in [-0.4, -0.2) is 33.4 Å². The molecule has 0 atom stereocenters. The highest BCUT2D eigenvalue weighted by atomic mass is 35.5. The van der Waals surface area contributed by atoms with Gasteiger partial charge in [0.15, 0.2) is 0 Å². The van der Waals surface area contributed by atoms with E-state index in [0.29, 0.717) is 0 Å². The third-order valence-electron chi connectivity index (χ3n) is 2.80. The first kappa shape index (κ1) is 15.3. The van der Waals surface area contributed by atoms with Gasteiger partial charge in [-0.25, -0.2) is 0 Å². The summed E-state index contributed by atoms with van der Waals surface area (Å²) < 4.78 is 5.39. The number of hydrogen-bond donors (Lipinski definition) is 1. The molecular formula is C14H23ClN2O. The van der Waals surface area contributed by atoms with Gasteiger partial charge in [0.1, 0.15) is 0 Å². The van der Waals surface area contributed by atoms with E-state index in [1.165, 1.54) is 11.3 Å². The fourth-order valence-electron chi connectivity index (χ4n) is 1.77. The molecule has 4 heteroatoms. The van der Waals surface area contributed by atoms with Gasteiger partial charge in [-0.05, 0) is 31.2 Å². The summed E-state index contributed by atoms with van der Waals surface area (Å²) in [6, 6.07) is 6.03. The van der Waals surface area contributed by atoms with Gasteiger partial charge in [-0.15, -0.1) is 0 Å². The number of nitrogens with zero attached hydrogens (tertiary/aromatic N) is 1.